The van der Waals surface area contributed by atoms with Gasteiger partial charge in [0.1, 0.15) is 5.82 Å². The molecule has 2 aromatic carbocycles. The predicted molar refractivity (Wildman–Crippen MR) is 99.0 cm³/mol. The Balaban J connectivity index is 1.96. The lowest BCUT2D eigenvalue weighted by atomic mass is 10.1. The number of halogens is 2. The van der Waals surface area contributed by atoms with Crippen molar-refractivity contribution in [1.29, 1.82) is 0 Å². The molecule has 0 aliphatic carbocycles. The first kappa shape index (κ1) is 18.8. The third kappa shape index (κ3) is 4.22. The van der Waals surface area contributed by atoms with Crippen molar-refractivity contribution in [3.05, 3.63) is 63.5 Å². The molecule has 0 saturated heterocycles. The van der Waals surface area contributed by atoms with Gasteiger partial charge in [-0.3, -0.25) is 4.79 Å². The number of carbonyl (C=O) groups is 2. The smallest absolute Gasteiger partial charge is 0.363 e. The van der Waals surface area contributed by atoms with Gasteiger partial charge in [-0.1, -0.05) is 0 Å². The lowest BCUT2D eigenvalue weighted by molar-refractivity contribution is -0.132. The molecule has 0 atom stereocenters. The predicted octanol–water partition coefficient (Wildman–Crippen LogP) is 3.87. The van der Waals surface area contributed by atoms with Gasteiger partial charge in [-0.25, -0.2) is 14.2 Å². The molecule has 3 rings (SSSR count). The second kappa shape index (κ2) is 7.71. The first-order valence-corrected chi connectivity index (χ1v) is 8.51. The quantitative estimate of drug-likeness (QED) is 0.415. The Morgan fingerprint density at radius 2 is 1.96 bits per heavy atom. The average Bonchev–Trinajstić information content (AvgIpc) is 2.98. The van der Waals surface area contributed by atoms with E-state index in [1.54, 1.807) is 12.1 Å². The summed E-state index contributed by atoms with van der Waals surface area (Å²) in [6.07, 6.45) is 1.50. The molecule has 1 aliphatic heterocycles. The highest BCUT2D eigenvalue weighted by Gasteiger charge is 2.24. The first-order valence-electron chi connectivity index (χ1n) is 7.72. The summed E-state index contributed by atoms with van der Waals surface area (Å²) < 4.78 is 29.0. The van der Waals surface area contributed by atoms with Crippen molar-refractivity contribution in [3.8, 4) is 11.5 Å². The highest BCUT2D eigenvalue weighted by molar-refractivity contribution is 9.10. The Morgan fingerprint density at radius 1 is 1.26 bits per heavy atom. The van der Waals surface area contributed by atoms with E-state index in [1.165, 1.54) is 44.4 Å². The monoisotopic (exact) mass is 433 g/mol. The second-order valence-corrected chi connectivity index (χ2v) is 6.33. The maximum Gasteiger partial charge on any atom is 0.363 e. The third-order valence-electron chi connectivity index (χ3n) is 3.51. The van der Waals surface area contributed by atoms with Crippen molar-refractivity contribution in [1.82, 2.24) is 0 Å². The zero-order chi connectivity index (χ0) is 19.6. The molecular weight excluding hydrogens is 421 g/mol. The van der Waals surface area contributed by atoms with E-state index >= 15 is 0 Å². The largest absolute Gasteiger partial charge is 0.493 e. The number of methoxy groups -OCH3 is 1. The summed E-state index contributed by atoms with van der Waals surface area (Å²) in [5.41, 5.74) is 1.13. The molecule has 27 heavy (non-hydrogen) atoms. The fraction of sp³-hybridized carbons (Fsp3) is 0.105. The summed E-state index contributed by atoms with van der Waals surface area (Å²) in [6, 6.07) is 8.68. The summed E-state index contributed by atoms with van der Waals surface area (Å²) in [6.45, 7) is 1.28. The normalized spacial score (nSPS) is 14.7. The highest BCUT2D eigenvalue weighted by Crippen LogP contribution is 2.37. The van der Waals surface area contributed by atoms with Gasteiger partial charge in [0.05, 0.1) is 11.6 Å². The number of carbonyl (C=O) groups excluding carboxylic acids is 2. The molecule has 0 saturated carbocycles. The van der Waals surface area contributed by atoms with Crippen LogP contribution in [-0.2, 0) is 14.3 Å². The van der Waals surface area contributed by atoms with Crippen molar-refractivity contribution in [2.45, 2.75) is 6.92 Å². The number of cyclic esters (lactones) is 1. The van der Waals surface area contributed by atoms with Crippen LogP contribution in [0.15, 0.2) is 51.6 Å². The van der Waals surface area contributed by atoms with Crippen LogP contribution in [-0.4, -0.2) is 24.9 Å². The molecule has 0 radical (unpaired) electrons. The summed E-state index contributed by atoms with van der Waals surface area (Å²) in [5.74, 6) is -0.892. The minimum absolute atomic E-state index is 0.0727. The van der Waals surface area contributed by atoms with Crippen molar-refractivity contribution >= 4 is 39.8 Å². The third-order valence-corrected chi connectivity index (χ3v) is 4.10. The lowest BCUT2D eigenvalue weighted by Crippen LogP contribution is -2.05. The highest BCUT2D eigenvalue weighted by atomic mass is 79.9. The molecule has 138 valence electrons. The van der Waals surface area contributed by atoms with Gasteiger partial charge < -0.3 is 14.2 Å². The molecule has 0 N–H and O–H groups in total. The molecule has 0 spiro atoms. The fourth-order valence-corrected chi connectivity index (χ4v) is 2.89. The van der Waals surface area contributed by atoms with Crippen LogP contribution in [0.4, 0.5) is 4.39 Å². The Kier molecular flexibility index (Phi) is 5.36. The first-order chi connectivity index (χ1) is 12.9. The molecule has 0 unspecified atom stereocenters. The standard InChI is InChI=1S/C19H13BrFNO5/c1-10(23)26-17-14(20)7-11(9-16(17)25-2)8-15-19(24)27-18(22-15)12-3-5-13(21)6-4-12/h3-9H,1-2H3/b15-8+. The van der Waals surface area contributed by atoms with Crippen molar-refractivity contribution < 1.29 is 28.2 Å². The Morgan fingerprint density at radius 3 is 2.59 bits per heavy atom. The molecule has 0 amide bonds. The second-order valence-electron chi connectivity index (χ2n) is 5.47. The van der Waals surface area contributed by atoms with Crippen molar-refractivity contribution in [2.75, 3.05) is 7.11 Å². The van der Waals surface area contributed by atoms with E-state index in [0.717, 1.165) is 0 Å². The minimum atomic E-state index is -0.631. The number of hydrogen-bond acceptors (Lipinski definition) is 6. The van der Waals surface area contributed by atoms with E-state index in [9.17, 15) is 14.0 Å². The molecule has 0 bridgehead atoms. The zero-order valence-electron chi connectivity index (χ0n) is 14.3. The van der Waals surface area contributed by atoms with E-state index in [-0.39, 0.29) is 17.3 Å². The number of aliphatic imine (C=N–C) groups is 1. The molecule has 1 aliphatic rings. The summed E-state index contributed by atoms with van der Waals surface area (Å²) in [5, 5.41) is 0. The van der Waals surface area contributed by atoms with Crippen LogP contribution in [0, 0.1) is 5.82 Å². The number of ether oxygens (including phenoxy) is 3. The van der Waals surface area contributed by atoms with Crippen LogP contribution in [0.1, 0.15) is 18.1 Å². The SMILES string of the molecule is COc1cc(/C=C2/N=C(c3ccc(F)cc3)OC2=O)cc(Br)c1OC(C)=O. The Hall–Kier alpha value is -3.00. The van der Waals surface area contributed by atoms with E-state index in [1.807, 2.05) is 0 Å². The van der Waals surface area contributed by atoms with Crippen LogP contribution in [0.5, 0.6) is 11.5 Å². The Bertz CT molecular complexity index is 982. The van der Waals surface area contributed by atoms with Gasteiger partial charge in [0.15, 0.2) is 17.2 Å². The topological polar surface area (TPSA) is 74.2 Å². The molecule has 0 fully saturated rings. The summed E-state index contributed by atoms with van der Waals surface area (Å²) >= 11 is 3.31. The molecule has 1 heterocycles. The average molecular weight is 434 g/mol. The van der Waals surface area contributed by atoms with Gasteiger partial charge in [-0.05, 0) is 64.0 Å². The maximum absolute atomic E-state index is 13.0. The molecule has 6 nitrogen and oxygen atoms in total. The molecule has 0 aromatic heterocycles. The van der Waals surface area contributed by atoms with E-state index < -0.39 is 17.8 Å². The van der Waals surface area contributed by atoms with Crippen molar-refractivity contribution in [2.24, 2.45) is 4.99 Å². The molecular formula is C19H13BrFNO5. The summed E-state index contributed by atoms with van der Waals surface area (Å²) in [7, 11) is 1.43. The number of nitrogens with zero attached hydrogens (tertiary/aromatic N) is 1. The van der Waals surface area contributed by atoms with Gasteiger partial charge in [0.2, 0.25) is 5.90 Å². The molecule has 8 heteroatoms. The van der Waals surface area contributed by atoms with E-state index in [2.05, 4.69) is 20.9 Å². The minimum Gasteiger partial charge on any atom is -0.493 e. The number of hydrogen-bond donors (Lipinski definition) is 0. The number of benzene rings is 2. The fourth-order valence-electron chi connectivity index (χ4n) is 2.35. The van der Waals surface area contributed by atoms with Crippen LogP contribution < -0.4 is 9.47 Å². The number of esters is 2. The van der Waals surface area contributed by atoms with Crippen LogP contribution in [0.3, 0.4) is 0 Å². The number of rotatable bonds is 4. The summed E-state index contributed by atoms with van der Waals surface area (Å²) in [4.78, 5) is 27.5. The van der Waals surface area contributed by atoms with Crippen LogP contribution >= 0.6 is 15.9 Å². The van der Waals surface area contributed by atoms with Gasteiger partial charge in [-0.2, -0.15) is 0 Å². The van der Waals surface area contributed by atoms with Gasteiger partial charge >= 0.3 is 11.9 Å². The van der Waals surface area contributed by atoms with Gasteiger partial charge in [0.25, 0.3) is 0 Å². The maximum atomic E-state index is 13.0. The van der Waals surface area contributed by atoms with Crippen LogP contribution in [0.25, 0.3) is 6.08 Å². The lowest BCUT2D eigenvalue weighted by Gasteiger charge is -2.11. The zero-order valence-corrected chi connectivity index (χ0v) is 15.9. The van der Waals surface area contributed by atoms with Gasteiger partial charge in [-0.15, -0.1) is 0 Å². The van der Waals surface area contributed by atoms with Gasteiger partial charge in [0, 0.05) is 12.5 Å². The van der Waals surface area contributed by atoms with E-state index in [4.69, 9.17) is 14.2 Å². The Labute approximate surface area is 162 Å². The molecule has 2 aromatic rings. The van der Waals surface area contributed by atoms with E-state index in [0.29, 0.717) is 21.3 Å². The van der Waals surface area contributed by atoms with Crippen LogP contribution in [0.2, 0.25) is 0 Å². The van der Waals surface area contributed by atoms with Crippen molar-refractivity contribution in [3.63, 3.8) is 0 Å².